The Morgan fingerprint density at radius 1 is 1.40 bits per heavy atom. The minimum atomic E-state index is 0.236. The van der Waals surface area contributed by atoms with Crippen molar-refractivity contribution < 1.29 is 4.79 Å². The second-order valence-corrected chi connectivity index (χ2v) is 8.35. The Morgan fingerprint density at radius 2 is 2.20 bits per heavy atom. The van der Waals surface area contributed by atoms with Gasteiger partial charge in [-0.25, -0.2) is 0 Å². The fourth-order valence-electron chi connectivity index (χ4n) is 4.09. The summed E-state index contributed by atoms with van der Waals surface area (Å²) in [6, 6.07) is 4.73. The number of thiophene rings is 1. The van der Waals surface area contributed by atoms with E-state index in [1.807, 2.05) is 30.3 Å². The molecule has 2 N–H and O–H groups in total. The summed E-state index contributed by atoms with van der Waals surface area (Å²) in [5.74, 6) is 1.09. The van der Waals surface area contributed by atoms with Gasteiger partial charge in [0.2, 0.25) is 5.91 Å². The average molecular weight is 363 g/mol. The summed E-state index contributed by atoms with van der Waals surface area (Å²) in [4.78, 5) is 19.4. The molecule has 0 aromatic carbocycles. The second kappa shape index (κ2) is 8.21. The van der Waals surface area contributed by atoms with Gasteiger partial charge in [0.05, 0.1) is 0 Å². The quantitative estimate of drug-likeness (QED) is 0.640. The molecule has 5 nitrogen and oxygen atoms in total. The highest BCUT2D eigenvalue weighted by Crippen LogP contribution is 2.41. The highest BCUT2D eigenvalue weighted by molar-refractivity contribution is 7.10. The molecule has 138 valence electrons. The van der Waals surface area contributed by atoms with E-state index >= 15 is 0 Å². The van der Waals surface area contributed by atoms with Crippen molar-refractivity contribution in [2.45, 2.75) is 56.4 Å². The highest BCUT2D eigenvalue weighted by Gasteiger charge is 2.35. The van der Waals surface area contributed by atoms with Crippen molar-refractivity contribution in [3.8, 4) is 0 Å². The van der Waals surface area contributed by atoms with E-state index in [-0.39, 0.29) is 17.4 Å². The maximum Gasteiger partial charge on any atom is 0.222 e. The third-order valence-electron chi connectivity index (χ3n) is 5.64. The van der Waals surface area contributed by atoms with Crippen LogP contribution < -0.4 is 10.6 Å². The largest absolute Gasteiger partial charge is 0.355 e. The summed E-state index contributed by atoms with van der Waals surface area (Å²) in [5.41, 5.74) is 0.239. The zero-order chi connectivity index (χ0) is 17.7. The Balaban J connectivity index is 1.60. The van der Waals surface area contributed by atoms with Crippen molar-refractivity contribution in [1.29, 1.82) is 0 Å². The van der Waals surface area contributed by atoms with Crippen molar-refractivity contribution >= 4 is 23.2 Å². The number of amides is 1. The van der Waals surface area contributed by atoms with E-state index in [9.17, 15) is 4.79 Å². The number of hydrogen-bond acceptors (Lipinski definition) is 3. The molecule has 25 heavy (non-hydrogen) atoms. The van der Waals surface area contributed by atoms with Gasteiger partial charge >= 0.3 is 0 Å². The molecule has 3 rings (SSSR count). The van der Waals surface area contributed by atoms with Crippen LogP contribution in [0.25, 0.3) is 0 Å². The van der Waals surface area contributed by atoms with Crippen LogP contribution in [0.2, 0.25) is 0 Å². The molecule has 1 saturated carbocycles. The van der Waals surface area contributed by atoms with Crippen LogP contribution >= 0.6 is 11.3 Å². The van der Waals surface area contributed by atoms with Crippen molar-refractivity contribution in [3.05, 3.63) is 22.4 Å². The van der Waals surface area contributed by atoms with E-state index < -0.39 is 0 Å². The van der Waals surface area contributed by atoms with Crippen molar-refractivity contribution in [2.24, 2.45) is 4.99 Å². The average Bonchev–Trinajstić information content (AvgIpc) is 3.18. The minimum Gasteiger partial charge on any atom is -0.355 e. The van der Waals surface area contributed by atoms with Gasteiger partial charge in [-0.3, -0.25) is 9.79 Å². The van der Waals surface area contributed by atoms with Crippen molar-refractivity contribution in [2.75, 3.05) is 27.2 Å². The summed E-state index contributed by atoms with van der Waals surface area (Å²) in [5, 5.41) is 9.28. The molecule has 1 atom stereocenters. The molecule has 1 aromatic heterocycles. The Kier molecular flexibility index (Phi) is 5.99. The lowest BCUT2D eigenvalue weighted by Crippen LogP contribution is -2.53. The van der Waals surface area contributed by atoms with E-state index in [2.05, 4.69) is 33.1 Å². The normalized spacial score (nSPS) is 24.2. The smallest absolute Gasteiger partial charge is 0.222 e. The van der Waals surface area contributed by atoms with Gasteiger partial charge < -0.3 is 15.5 Å². The summed E-state index contributed by atoms with van der Waals surface area (Å²) < 4.78 is 0. The molecule has 6 heteroatoms. The van der Waals surface area contributed by atoms with Crippen LogP contribution in [0.5, 0.6) is 0 Å². The number of likely N-dealkylation sites (N-methyl/N-ethyl adjacent to an activating group) is 1. The van der Waals surface area contributed by atoms with Gasteiger partial charge in [0.15, 0.2) is 5.96 Å². The number of hydrogen-bond donors (Lipinski definition) is 2. The molecular formula is C19H30N4OS. The third-order valence-corrected chi connectivity index (χ3v) is 6.76. The van der Waals surface area contributed by atoms with E-state index in [4.69, 9.17) is 0 Å². The standard InChI is InChI=1S/C19H30N4OS/c1-20-18(22-15-8-9-17(24)23(2)13-15)21-14-19(10-4-3-5-11-19)16-7-6-12-25-16/h6-7,12,15H,3-5,8-11,13-14H2,1-2H3,(H2,20,21,22). The molecular weight excluding hydrogens is 332 g/mol. The number of rotatable bonds is 4. The van der Waals surface area contributed by atoms with Gasteiger partial charge in [0, 0.05) is 49.9 Å². The number of carbonyl (C=O) groups is 1. The lowest BCUT2D eigenvalue weighted by Gasteiger charge is -2.38. The zero-order valence-corrected chi connectivity index (χ0v) is 16.2. The Morgan fingerprint density at radius 3 is 2.84 bits per heavy atom. The summed E-state index contributed by atoms with van der Waals surface area (Å²) in [7, 11) is 3.70. The van der Waals surface area contributed by atoms with Gasteiger partial charge in [-0.05, 0) is 30.7 Å². The summed E-state index contributed by atoms with van der Waals surface area (Å²) in [6.45, 7) is 1.67. The predicted molar refractivity (Wildman–Crippen MR) is 104 cm³/mol. The topological polar surface area (TPSA) is 56.7 Å². The van der Waals surface area contributed by atoms with E-state index in [0.717, 1.165) is 25.5 Å². The van der Waals surface area contributed by atoms with E-state index in [1.165, 1.54) is 37.0 Å². The fraction of sp³-hybridized carbons (Fsp3) is 0.684. The van der Waals surface area contributed by atoms with Gasteiger partial charge in [-0.15, -0.1) is 11.3 Å². The molecule has 1 saturated heterocycles. The molecule has 0 radical (unpaired) electrons. The van der Waals surface area contributed by atoms with Crippen LogP contribution in [0, 0.1) is 0 Å². The first-order chi connectivity index (χ1) is 12.1. The molecule has 1 unspecified atom stereocenters. The number of carbonyl (C=O) groups excluding carboxylic acids is 1. The van der Waals surface area contributed by atoms with E-state index in [0.29, 0.717) is 6.42 Å². The maximum absolute atomic E-state index is 11.7. The Labute approximate surface area is 154 Å². The SMILES string of the molecule is CN=C(NCC1(c2cccs2)CCCCC1)NC1CCC(=O)N(C)C1. The first kappa shape index (κ1) is 18.2. The first-order valence-corrected chi connectivity index (χ1v) is 10.3. The van der Waals surface area contributed by atoms with Gasteiger partial charge in [0.25, 0.3) is 0 Å². The van der Waals surface area contributed by atoms with Gasteiger partial charge in [-0.2, -0.15) is 0 Å². The minimum absolute atomic E-state index is 0.236. The molecule has 0 bridgehead atoms. The monoisotopic (exact) mass is 362 g/mol. The molecule has 1 aliphatic carbocycles. The van der Waals surface area contributed by atoms with Gasteiger partial charge in [-0.1, -0.05) is 25.3 Å². The number of nitrogens with zero attached hydrogens (tertiary/aromatic N) is 2. The third kappa shape index (κ3) is 4.35. The maximum atomic E-state index is 11.7. The summed E-state index contributed by atoms with van der Waals surface area (Å²) in [6.07, 6.45) is 7.95. The first-order valence-electron chi connectivity index (χ1n) is 9.38. The number of nitrogens with one attached hydrogen (secondary N) is 2. The number of piperidine rings is 1. The van der Waals surface area contributed by atoms with E-state index in [1.54, 1.807) is 0 Å². The highest BCUT2D eigenvalue weighted by atomic mass is 32.1. The predicted octanol–water partition coefficient (Wildman–Crippen LogP) is 2.74. The number of guanidine groups is 1. The fourth-order valence-corrected chi connectivity index (χ4v) is 5.08. The van der Waals surface area contributed by atoms with Gasteiger partial charge in [0.1, 0.15) is 0 Å². The molecule has 0 spiro atoms. The lowest BCUT2D eigenvalue weighted by atomic mass is 9.73. The Hall–Kier alpha value is -1.56. The zero-order valence-electron chi connectivity index (χ0n) is 15.4. The molecule has 1 amide bonds. The molecule has 1 aliphatic heterocycles. The molecule has 2 fully saturated rings. The second-order valence-electron chi connectivity index (χ2n) is 7.40. The molecule has 2 aliphatic rings. The number of likely N-dealkylation sites (tertiary alicyclic amines) is 1. The van der Waals surface area contributed by atoms with Crippen LogP contribution in [0.1, 0.15) is 49.8 Å². The van der Waals surface area contributed by atoms with Crippen molar-refractivity contribution in [1.82, 2.24) is 15.5 Å². The summed E-state index contributed by atoms with van der Waals surface area (Å²) >= 11 is 1.88. The molecule has 2 heterocycles. The lowest BCUT2D eigenvalue weighted by molar-refractivity contribution is -0.132. The number of aliphatic imine (C=N–C) groups is 1. The van der Waals surface area contributed by atoms with Crippen LogP contribution in [-0.4, -0.2) is 50.0 Å². The molecule has 1 aromatic rings. The van der Waals surface area contributed by atoms with Crippen LogP contribution in [-0.2, 0) is 10.2 Å². The van der Waals surface area contributed by atoms with Crippen LogP contribution in [0.3, 0.4) is 0 Å². The van der Waals surface area contributed by atoms with Crippen molar-refractivity contribution in [3.63, 3.8) is 0 Å². The van der Waals surface area contributed by atoms with Crippen LogP contribution in [0.4, 0.5) is 0 Å². The van der Waals surface area contributed by atoms with Crippen LogP contribution in [0.15, 0.2) is 22.5 Å². The Bertz CT molecular complexity index is 593.